The highest BCUT2D eigenvalue weighted by Crippen LogP contribution is 2.23. The summed E-state index contributed by atoms with van der Waals surface area (Å²) in [4.78, 5) is 2.66. The summed E-state index contributed by atoms with van der Waals surface area (Å²) in [6.45, 7) is 5.01. The number of aryl methyl sites for hydroxylation is 1. The molecule has 0 bridgehead atoms. The van der Waals surface area contributed by atoms with E-state index >= 15 is 0 Å². The molecule has 0 unspecified atom stereocenters. The second-order valence-corrected chi connectivity index (χ2v) is 6.03. The van der Waals surface area contributed by atoms with Crippen LogP contribution in [0.4, 0.5) is 5.69 Å². The molecule has 2 aliphatic heterocycles. The molecule has 1 aromatic rings. The van der Waals surface area contributed by atoms with Crippen LogP contribution in [0.1, 0.15) is 43.2 Å². The Morgan fingerprint density at radius 1 is 1.00 bits per heavy atom. The van der Waals surface area contributed by atoms with Crippen molar-refractivity contribution in [1.82, 2.24) is 4.90 Å². The Morgan fingerprint density at radius 2 is 1.84 bits per heavy atom. The molecular weight excluding hydrogens is 232 g/mol. The SMILES string of the molecule is c1cc2c(cc1CCN1CCCCCC1)CCCN2. The molecule has 0 atom stereocenters. The molecule has 0 saturated carbocycles. The van der Waals surface area contributed by atoms with Gasteiger partial charge in [-0.25, -0.2) is 0 Å². The third kappa shape index (κ3) is 3.50. The molecule has 1 N–H and O–H groups in total. The van der Waals surface area contributed by atoms with Crippen molar-refractivity contribution in [3.05, 3.63) is 29.3 Å². The summed E-state index contributed by atoms with van der Waals surface area (Å²) < 4.78 is 0. The summed E-state index contributed by atoms with van der Waals surface area (Å²) in [6.07, 6.45) is 9.40. The first-order chi connectivity index (χ1) is 9.42. The van der Waals surface area contributed by atoms with Gasteiger partial charge in [-0.15, -0.1) is 0 Å². The zero-order valence-corrected chi connectivity index (χ0v) is 12.0. The molecule has 1 aromatic carbocycles. The lowest BCUT2D eigenvalue weighted by Crippen LogP contribution is -2.27. The minimum absolute atomic E-state index is 1.14. The molecule has 0 amide bonds. The van der Waals surface area contributed by atoms with E-state index < -0.39 is 0 Å². The number of rotatable bonds is 3. The molecule has 0 aliphatic carbocycles. The molecule has 2 aliphatic rings. The highest BCUT2D eigenvalue weighted by molar-refractivity contribution is 5.54. The van der Waals surface area contributed by atoms with Gasteiger partial charge in [-0.3, -0.25) is 0 Å². The monoisotopic (exact) mass is 258 g/mol. The number of nitrogens with one attached hydrogen (secondary N) is 1. The van der Waals surface area contributed by atoms with Gasteiger partial charge in [0.25, 0.3) is 0 Å². The van der Waals surface area contributed by atoms with Crippen LogP contribution < -0.4 is 5.32 Å². The van der Waals surface area contributed by atoms with Crippen LogP contribution in [0.2, 0.25) is 0 Å². The third-order valence-corrected chi connectivity index (χ3v) is 4.52. The van der Waals surface area contributed by atoms with Gasteiger partial charge in [0, 0.05) is 18.8 Å². The van der Waals surface area contributed by atoms with Gasteiger partial charge in [0.2, 0.25) is 0 Å². The standard InChI is InChI=1S/C17H26N2/c1-2-4-12-19(11-3-1)13-9-15-7-8-17-16(14-15)6-5-10-18-17/h7-8,14,18H,1-6,9-13H2. The topological polar surface area (TPSA) is 15.3 Å². The molecule has 0 spiro atoms. The molecule has 104 valence electrons. The first kappa shape index (κ1) is 13.0. The summed E-state index contributed by atoms with van der Waals surface area (Å²) in [5, 5.41) is 3.49. The van der Waals surface area contributed by atoms with E-state index in [1.165, 1.54) is 81.4 Å². The van der Waals surface area contributed by atoms with Crippen molar-refractivity contribution in [1.29, 1.82) is 0 Å². The number of benzene rings is 1. The van der Waals surface area contributed by atoms with Crippen molar-refractivity contribution < 1.29 is 0 Å². The second kappa shape index (κ2) is 6.42. The van der Waals surface area contributed by atoms with Crippen LogP contribution in [-0.2, 0) is 12.8 Å². The zero-order chi connectivity index (χ0) is 12.9. The van der Waals surface area contributed by atoms with Gasteiger partial charge in [-0.2, -0.15) is 0 Å². The number of hydrogen-bond acceptors (Lipinski definition) is 2. The quantitative estimate of drug-likeness (QED) is 0.893. The van der Waals surface area contributed by atoms with E-state index in [4.69, 9.17) is 0 Å². The number of hydrogen-bond donors (Lipinski definition) is 1. The molecule has 1 saturated heterocycles. The third-order valence-electron chi connectivity index (χ3n) is 4.52. The van der Waals surface area contributed by atoms with Crippen LogP contribution in [0.3, 0.4) is 0 Å². The van der Waals surface area contributed by atoms with Crippen molar-refractivity contribution in [3.63, 3.8) is 0 Å². The fourth-order valence-corrected chi connectivity index (χ4v) is 3.33. The fourth-order valence-electron chi connectivity index (χ4n) is 3.33. The Balaban J connectivity index is 1.57. The second-order valence-electron chi connectivity index (χ2n) is 6.03. The Labute approximate surface area is 117 Å². The normalized spacial score (nSPS) is 20.4. The van der Waals surface area contributed by atoms with Crippen LogP contribution in [0.15, 0.2) is 18.2 Å². The van der Waals surface area contributed by atoms with Gasteiger partial charge in [-0.05, 0) is 62.4 Å². The lowest BCUT2D eigenvalue weighted by molar-refractivity contribution is 0.289. The molecule has 2 nitrogen and oxygen atoms in total. The van der Waals surface area contributed by atoms with E-state index in [0.717, 1.165) is 6.54 Å². The van der Waals surface area contributed by atoms with Crippen LogP contribution in [-0.4, -0.2) is 31.1 Å². The first-order valence-corrected chi connectivity index (χ1v) is 8.00. The van der Waals surface area contributed by atoms with Crippen LogP contribution >= 0.6 is 0 Å². The highest BCUT2D eigenvalue weighted by atomic mass is 15.1. The number of nitrogens with zero attached hydrogens (tertiary/aromatic N) is 1. The van der Waals surface area contributed by atoms with E-state index in [1.54, 1.807) is 0 Å². The van der Waals surface area contributed by atoms with E-state index in [2.05, 4.69) is 28.4 Å². The van der Waals surface area contributed by atoms with Crippen LogP contribution in [0.5, 0.6) is 0 Å². The number of fused-ring (bicyclic) bond motifs is 1. The Morgan fingerprint density at radius 3 is 2.68 bits per heavy atom. The molecule has 2 heteroatoms. The van der Waals surface area contributed by atoms with Crippen LogP contribution in [0, 0.1) is 0 Å². The Kier molecular flexibility index (Phi) is 4.39. The largest absolute Gasteiger partial charge is 0.385 e. The molecule has 3 rings (SSSR count). The summed E-state index contributed by atoms with van der Waals surface area (Å²) >= 11 is 0. The van der Waals surface area contributed by atoms with E-state index in [0.29, 0.717) is 0 Å². The first-order valence-electron chi connectivity index (χ1n) is 8.00. The smallest absolute Gasteiger partial charge is 0.0372 e. The van der Waals surface area contributed by atoms with Crippen molar-refractivity contribution >= 4 is 5.69 Å². The van der Waals surface area contributed by atoms with Gasteiger partial charge in [0.05, 0.1) is 0 Å². The molecule has 0 radical (unpaired) electrons. The highest BCUT2D eigenvalue weighted by Gasteiger charge is 2.11. The van der Waals surface area contributed by atoms with Gasteiger partial charge in [0.1, 0.15) is 0 Å². The summed E-state index contributed by atoms with van der Waals surface area (Å²) in [5.74, 6) is 0. The minimum atomic E-state index is 1.14. The van der Waals surface area contributed by atoms with Gasteiger partial charge >= 0.3 is 0 Å². The van der Waals surface area contributed by atoms with E-state index in [9.17, 15) is 0 Å². The molecule has 19 heavy (non-hydrogen) atoms. The maximum atomic E-state index is 3.49. The van der Waals surface area contributed by atoms with Crippen molar-refractivity contribution in [2.75, 3.05) is 31.5 Å². The van der Waals surface area contributed by atoms with Crippen LogP contribution in [0.25, 0.3) is 0 Å². The molecule has 0 aromatic heterocycles. The summed E-state index contributed by atoms with van der Waals surface area (Å²) in [5.41, 5.74) is 4.41. The van der Waals surface area contributed by atoms with Crippen molar-refractivity contribution in [3.8, 4) is 0 Å². The van der Waals surface area contributed by atoms with Gasteiger partial charge < -0.3 is 10.2 Å². The number of likely N-dealkylation sites (tertiary alicyclic amines) is 1. The Bertz CT molecular complexity index is 406. The van der Waals surface area contributed by atoms with Crippen molar-refractivity contribution in [2.45, 2.75) is 44.9 Å². The predicted molar refractivity (Wildman–Crippen MR) is 81.9 cm³/mol. The minimum Gasteiger partial charge on any atom is -0.385 e. The molecular formula is C17H26N2. The lowest BCUT2D eigenvalue weighted by atomic mass is 9.99. The van der Waals surface area contributed by atoms with Crippen molar-refractivity contribution in [2.24, 2.45) is 0 Å². The summed E-state index contributed by atoms with van der Waals surface area (Å²) in [6, 6.07) is 7.03. The summed E-state index contributed by atoms with van der Waals surface area (Å²) in [7, 11) is 0. The van der Waals surface area contributed by atoms with E-state index in [1.807, 2.05) is 0 Å². The average Bonchev–Trinajstić information content (AvgIpc) is 2.73. The van der Waals surface area contributed by atoms with Gasteiger partial charge in [-0.1, -0.05) is 25.0 Å². The Hall–Kier alpha value is -1.02. The number of anilines is 1. The maximum Gasteiger partial charge on any atom is 0.0372 e. The maximum absolute atomic E-state index is 3.49. The molecule has 2 heterocycles. The fraction of sp³-hybridized carbons (Fsp3) is 0.647. The average molecular weight is 258 g/mol. The van der Waals surface area contributed by atoms with Gasteiger partial charge in [0.15, 0.2) is 0 Å². The van der Waals surface area contributed by atoms with E-state index in [-0.39, 0.29) is 0 Å². The predicted octanol–water partition coefficient (Wildman–Crippen LogP) is 3.46. The lowest BCUT2D eigenvalue weighted by Gasteiger charge is -2.21. The molecule has 1 fully saturated rings. The zero-order valence-electron chi connectivity index (χ0n) is 12.0.